The quantitative estimate of drug-likeness (QED) is 0.687. The molecule has 1 spiro atoms. The molecule has 122 valence electrons. The molecule has 1 aromatic rings. The van der Waals surface area contributed by atoms with Gasteiger partial charge < -0.3 is 10.2 Å². The van der Waals surface area contributed by atoms with Crippen molar-refractivity contribution in [1.82, 2.24) is 0 Å². The predicted molar refractivity (Wildman–Crippen MR) is 101 cm³/mol. The summed E-state index contributed by atoms with van der Waals surface area (Å²) in [6, 6.07) is 5.16. The van der Waals surface area contributed by atoms with Crippen molar-refractivity contribution in [2.75, 3.05) is 0 Å². The Hall–Kier alpha value is -1.20. The molecule has 0 radical (unpaired) electrons. The third-order valence-electron chi connectivity index (χ3n) is 5.03. The van der Waals surface area contributed by atoms with Crippen LogP contribution in [0, 0.1) is 5.92 Å². The van der Waals surface area contributed by atoms with Crippen molar-refractivity contribution in [3.8, 4) is 11.5 Å². The van der Waals surface area contributed by atoms with Crippen LogP contribution in [0.15, 0.2) is 47.1 Å². The smallest absolute Gasteiger partial charge is 0.157 e. The van der Waals surface area contributed by atoms with Gasteiger partial charge >= 0.3 is 0 Å². The van der Waals surface area contributed by atoms with Gasteiger partial charge in [-0.15, -0.1) is 28.7 Å². The van der Waals surface area contributed by atoms with E-state index in [4.69, 9.17) is 4.99 Å². The molecule has 3 aliphatic rings. The molecular weight excluding hydrogens is 374 g/mol. The van der Waals surface area contributed by atoms with Crippen LogP contribution in [0.1, 0.15) is 31.2 Å². The van der Waals surface area contributed by atoms with Gasteiger partial charge in [0.1, 0.15) is 0 Å². The molecule has 23 heavy (non-hydrogen) atoms. The number of benzene rings is 1. The summed E-state index contributed by atoms with van der Waals surface area (Å²) < 4.78 is 0.0705. The molecule has 0 aromatic heterocycles. The number of phenolic OH excluding ortho intramolecular Hbond substituents is 2. The molecule has 4 rings (SSSR count). The Balaban J connectivity index is 0.00000156. The summed E-state index contributed by atoms with van der Waals surface area (Å²) in [5.41, 5.74) is 2.22. The van der Waals surface area contributed by atoms with E-state index >= 15 is 0 Å². The van der Waals surface area contributed by atoms with Crippen molar-refractivity contribution in [1.29, 1.82) is 0 Å². The van der Waals surface area contributed by atoms with Gasteiger partial charge in [-0.2, -0.15) is 0 Å². The number of halogens is 1. The van der Waals surface area contributed by atoms with Crippen molar-refractivity contribution in [2.45, 2.75) is 35.7 Å². The van der Waals surface area contributed by atoms with Crippen molar-refractivity contribution in [3.05, 3.63) is 47.7 Å². The van der Waals surface area contributed by atoms with Crippen LogP contribution >= 0.6 is 28.7 Å². The Morgan fingerprint density at radius 2 is 2.09 bits per heavy atom. The van der Waals surface area contributed by atoms with Gasteiger partial charge in [-0.05, 0) is 42.5 Å². The van der Waals surface area contributed by atoms with E-state index in [2.05, 4.69) is 25.2 Å². The third-order valence-corrected chi connectivity index (χ3v) is 6.73. The fraction of sp³-hybridized carbons (Fsp3) is 0.389. The van der Waals surface area contributed by atoms with Gasteiger partial charge in [-0.3, -0.25) is 4.99 Å². The van der Waals surface area contributed by atoms with Crippen LogP contribution in [0.5, 0.6) is 11.5 Å². The fourth-order valence-corrected chi connectivity index (χ4v) is 5.93. The maximum Gasteiger partial charge on any atom is 0.157 e. The molecule has 1 aromatic carbocycles. The van der Waals surface area contributed by atoms with Gasteiger partial charge in [0.25, 0.3) is 0 Å². The first-order chi connectivity index (χ1) is 10.6. The second-order valence-electron chi connectivity index (χ2n) is 6.40. The maximum absolute atomic E-state index is 9.83. The van der Waals surface area contributed by atoms with E-state index in [0.29, 0.717) is 11.2 Å². The summed E-state index contributed by atoms with van der Waals surface area (Å²) in [5, 5.41) is 20.0. The second kappa shape index (κ2) is 6.02. The highest BCUT2D eigenvalue weighted by Gasteiger charge is 2.53. The molecule has 5 heteroatoms. The van der Waals surface area contributed by atoms with Crippen LogP contribution in [-0.2, 0) is 0 Å². The lowest BCUT2D eigenvalue weighted by Gasteiger charge is -2.42. The fourth-order valence-electron chi connectivity index (χ4n) is 4.06. The summed E-state index contributed by atoms with van der Waals surface area (Å²) in [6.45, 7) is 2.29. The van der Waals surface area contributed by atoms with E-state index in [1.54, 1.807) is 12.1 Å². The van der Waals surface area contributed by atoms with Gasteiger partial charge in [-0.25, -0.2) is 0 Å². The average Bonchev–Trinajstić information content (AvgIpc) is 2.84. The van der Waals surface area contributed by atoms with Crippen LogP contribution in [0.4, 0.5) is 0 Å². The van der Waals surface area contributed by atoms with Crippen molar-refractivity contribution in [2.24, 2.45) is 10.9 Å². The summed E-state index contributed by atoms with van der Waals surface area (Å²) >= 11 is 2.04. The monoisotopic (exact) mass is 393 g/mol. The maximum atomic E-state index is 9.83. The van der Waals surface area contributed by atoms with Crippen LogP contribution in [-0.4, -0.2) is 26.4 Å². The molecular formula is C18H20BrNO2S. The summed E-state index contributed by atoms with van der Waals surface area (Å²) in [4.78, 5) is 4.75. The molecule has 2 aliphatic heterocycles. The van der Waals surface area contributed by atoms with E-state index in [0.717, 1.165) is 18.4 Å². The molecule has 1 fully saturated rings. The predicted octanol–water partition coefficient (Wildman–Crippen LogP) is 4.57. The van der Waals surface area contributed by atoms with E-state index in [1.807, 2.05) is 24.0 Å². The molecule has 3 nitrogen and oxygen atoms in total. The summed E-state index contributed by atoms with van der Waals surface area (Å²) in [6.07, 6.45) is 10.7. The molecule has 0 amide bonds. The lowest BCUT2D eigenvalue weighted by Crippen LogP contribution is -2.40. The van der Waals surface area contributed by atoms with E-state index in [9.17, 15) is 10.2 Å². The number of aliphatic imine (C=N–C) groups is 1. The van der Waals surface area contributed by atoms with Crippen LogP contribution in [0.25, 0.3) is 0 Å². The number of hydrogen-bond acceptors (Lipinski definition) is 4. The highest BCUT2D eigenvalue weighted by Crippen LogP contribution is 2.60. The van der Waals surface area contributed by atoms with Gasteiger partial charge in [0.2, 0.25) is 0 Å². The minimum Gasteiger partial charge on any atom is -0.504 e. The van der Waals surface area contributed by atoms with Gasteiger partial charge in [0, 0.05) is 17.4 Å². The Morgan fingerprint density at radius 3 is 2.87 bits per heavy atom. The standard InChI is InChI=1S/C18H19NO2S.BrH/c1-11-8-14-13(12-5-6-15(20)16(21)9-12)10-19-17-4-2-3-7-18(14,17)22-11;/h2-6,9-11,13-14,20-21H,7-8H2,1H3;1H. The number of aromatic hydroxyl groups is 2. The molecule has 4 unspecified atom stereocenters. The minimum atomic E-state index is -0.0680. The Kier molecular flexibility index (Phi) is 4.36. The van der Waals surface area contributed by atoms with E-state index in [-0.39, 0.29) is 39.1 Å². The lowest BCUT2D eigenvalue weighted by molar-refractivity contribution is 0.379. The van der Waals surface area contributed by atoms with Gasteiger partial charge in [0.15, 0.2) is 11.5 Å². The molecule has 0 saturated carbocycles. The van der Waals surface area contributed by atoms with Gasteiger partial charge in [-0.1, -0.05) is 25.1 Å². The van der Waals surface area contributed by atoms with Crippen LogP contribution in [0.2, 0.25) is 0 Å². The number of thioether (sulfide) groups is 1. The Morgan fingerprint density at radius 1 is 1.26 bits per heavy atom. The number of allylic oxidation sites excluding steroid dienone is 3. The number of nitrogens with zero attached hydrogens (tertiary/aromatic N) is 1. The van der Waals surface area contributed by atoms with E-state index < -0.39 is 0 Å². The largest absolute Gasteiger partial charge is 0.504 e. The van der Waals surface area contributed by atoms with Crippen LogP contribution < -0.4 is 0 Å². The molecule has 1 saturated heterocycles. The number of phenols is 2. The zero-order chi connectivity index (χ0) is 15.3. The highest BCUT2D eigenvalue weighted by atomic mass is 79.9. The minimum absolute atomic E-state index is 0. The highest BCUT2D eigenvalue weighted by molar-refractivity contribution is 8.93. The van der Waals surface area contributed by atoms with Crippen LogP contribution in [0.3, 0.4) is 0 Å². The molecule has 4 atom stereocenters. The summed E-state index contributed by atoms with van der Waals surface area (Å²) in [5.74, 6) is 0.544. The third kappa shape index (κ3) is 2.54. The lowest BCUT2D eigenvalue weighted by atomic mass is 9.70. The number of rotatable bonds is 1. The zero-order valence-corrected chi connectivity index (χ0v) is 15.4. The van der Waals surface area contributed by atoms with Crippen molar-refractivity contribution in [3.63, 3.8) is 0 Å². The first kappa shape index (κ1) is 16.7. The molecule has 0 bridgehead atoms. The second-order valence-corrected chi connectivity index (χ2v) is 8.17. The SMILES string of the molecule is Br.CC1CC2C(c3ccc(O)c(O)c3)C=NC3=CC=CCC32S1. The first-order valence-corrected chi connectivity index (χ1v) is 8.59. The van der Waals surface area contributed by atoms with Gasteiger partial charge in [0.05, 0.1) is 10.4 Å². The van der Waals surface area contributed by atoms with Crippen molar-refractivity contribution >= 4 is 35.0 Å². The van der Waals surface area contributed by atoms with Crippen molar-refractivity contribution < 1.29 is 10.2 Å². The summed E-state index contributed by atoms with van der Waals surface area (Å²) in [7, 11) is 0. The Labute approximate surface area is 151 Å². The first-order valence-electron chi connectivity index (χ1n) is 7.71. The topological polar surface area (TPSA) is 52.8 Å². The average molecular weight is 394 g/mol. The zero-order valence-electron chi connectivity index (χ0n) is 12.8. The molecule has 2 heterocycles. The normalized spacial score (nSPS) is 34.3. The molecule has 2 N–H and O–H groups in total. The molecule has 1 aliphatic carbocycles. The van der Waals surface area contributed by atoms with E-state index in [1.165, 1.54) is 5.70 Å². The number of hydrogen-bond donors (Lipinski definition) is 2. The Bertz CT molecular complexity index is 715.